The second-order valence-electron chi connectivity index (χ2n) is 8.60. The summed E-state index contributed by atoms with van der Waals surface area (Å²) in [6.07, 6.45) is 1.85. The molecule has 5 rings (SSSR count). The van der Waals surface area contributed by atoms with Gasteiger partial charge in [-0.15, -0.1) is 0 Å². The summed E-state index contributed by atoms with van der Waals surface area (Å²) >= 11 is 0. The molecule has 0 atom stereocenters. The Bertz CT molecular complexity index is 1310. The summed E-state index contributed by atoms with van der Waals surface area (Å²) in [6.45, 7) is 8.27. The van der Waals surface area contributed by atoms with Crippen molar-refractivity contribution in [1.82, 2.24) is 0 Å². The molecule has 32 heavy (non-hydrogen) atoms. The Morgan fingerprint density at radius 3 is 1.81 bits per heavy atom. The van der Waals surface area contributed by atoms with E-state index in [1.165, 1.54) is 23.3 Å². The summed E-state index contributed by atoms with van der Waals surface area (Å²) in [4.78, 5) is 1.65. The lowest BCUT2D eigenvalue weighted by Gasteiger charge is -2.28. The topological polar surface area (TPSA) is 3.24 Å². The van der Waals surface area contributed by atoms with Crippen molar-refractivity contribution in [3.8, 4) is 11.1 Å². The van der Waals surface area contributed by atoms with Gasteiger partial charge in [-0.25, -0.2) is 8.78 Å². The summed E-state index contributed by atoms with van der Waals surface area (Å²) < 4.78 is 29.8. The Hall–Kier alpha value is -3.72. The minimum absolute atomic E-state index is 0.254. The van der Waals surface area contributed by atoms with Crippen molar-refractivity contribution in [2.75, 3.05) is 4.90 Å². The van der Waals surface area contributed by atoms with Gasteiger partial charge < -0.3 is 4.90 Å². The number of nitrogens with zero attached hydrogens (tertiary/aromatic N) is 1. The van der Waals surface area contributed by atoms with E-state index in [1.54, 1.807) is 41.3 Å². The van der Waals surface area contributed by atoms with Gasteiger partial charge in [0.05, 0.1) is 11.4 Å². The number of hydrogen-bond acceptors (Lipinski definition) is 1. The van der Waals surface area contributed by atoms with E-state index in [9.17, 15) is 8.78 Å². The van der Waals surface area contributed by atoms with Crippen LogP contribution in [0.15, 0.2) is 91.5 Å². The molecule has 1 aliphatic rings. The van der Waals surface area contributed by atoms with E-state index in [-0.39, 0.29) is 5.41 Å². The molecule has 0 heterocycles. The third-order valence-corrected chi connectivity index (χ3v) is 6.36. The Balaban J connectivity index is 1.72. The molecular weight excluding hydrogens is 400 g/mol. The number of halogens is 2. The first-order chi connectivity index (χ1) is 15.4. The molecule has 0 unspecified atom stereocenters. The Morgan fingerprint density at radius 1 is 0.719 bits per heavy atom. The van der Waals surface area contributed by atoms with E-state index in [2.05, 4.69) is 50.8 Å². The lowest BCUT2D eigenvalue weighted by Crippen LogP contribution is -2.17. The minimum atomic E-state index is -0.408. The van der Waals surface area contributed by atoms with Gasteiger partial charge in [0.25, 0.3) is 0 Å². The molecule has 0 fully saturated rings. The van der Waals surface area contributed by atoms with E-state index in [0.717, 1.165) is 16.7 Å². The van der Waals surface area contributed by atoms with Crippen molar-refractivity contribution in [1.29, 1.82) is 0 Å². The van der Waals surface area contributed by atoms with Crippen LogP contribution in [0.4, 0.5) is 25.8 Å². The number of fused-ring (bicyclic) bond motifs is 3. The van der Waals surface area contributed by atoms with Crippen LogP contribution in [0.25, 0.3) is 17.2 Å². The predicted octanol–water partition coefficient (Wildman–Crippen LogP) is 8.38. The zero-order valence-corrected chi connectivity index (χ0v) is 18.1. The predicted molar refractivity (Wildman–Crippen MR) is 129 cm³/mol. The zero-order valence-electron chi connectivity index (χ0n) is 18.1. The lowest BCUT2D eigenvalue weighted by atomic mass is 9.82. The highest BCUT2D eigenvalue weighted by Gasteiger charge is 2.36. The lowest BCUT2D eigenvalue weighted by molar-refractivity contribution is 0.619. The number of para-hydroxylation sites is 2. The SMILES string of the molecule is C=Cc1ccc2c(c1)C(C)(C)c1cc(N(c3ccccc3F)c3ccccc3F)ccc1-2. The van der Waals surface area contributed by atoms with Crippen molar-refractivity contribution in [3.05, 3.63) is 120 Å². The molecule has 1 aliphatic carbocycles. The second kappa shape index (κ2) is 7.45. The first kappa shape index (κ1) is 20.2. The van der Waals surface area contributed by atoms with Crippen LogP contribution >= 0.6 is 0 Å². The van der Waals surface area contributed by atoms with Gasteiger partial charge in [0.1, 0.15) is 11.6 Å². The Kier molecular flexibility index (Phi) is 4.70. The standard InChI is InChI=1S/C29H23F2N/c1-4-19-13-15-21-22-16-14-20(18-24(22)29(2,3)23(21)17-19)32(27-11-7-5-9-25(27)30)28-12-8-6-10-26(28)31/h4-18H,1H2,2-3H3. The molecule has 0 saturated carbocycles. The first-order valence-electron chi connectivity index (χ1n) is 10.6. The summed E-state index contributed by atoms with van der Waals surface area (Å²) in [5.41, 5.74) is 6.83. The van der Waals surface area contributed by atoms with E-state index in [4.69, 9.17) is 0 Å². The van der Waals surface area contributed by atoms with Gasteiger partial charge in [-0.1, -0.05) is 75.0 Å². The molecule has 0 N–H and O–H groups in total. The van der Waals surface area contributed by atoms with Gasteiger partial charge in [0, 0.05) is 11.1 Å². The van der Waals surface area contributed by atoms with Crippen LogP contribution in [0, 0.1) is 11.6 Å². The normalized spacial score (nSPS) is 13.4. The summed E-state index contributed by atoms with van der Waals surface area (Å²) in [5, 5.41) is 0. The summed E-state index contributed by atoms with van der Waals surface area (Å²) in [6, 6.07) is 25.3. The van der Waals surface area contributed by atoms with Crippen LogP contribution in [0.5, 0.6) is 0 Å². The fraction of sp³-hybridized carbons (Fsp3) is 0.103. The molecule has 0 amide bonds. The largest absolute Gasteiger partial charge is 0.305 e. The van der Waals surface area contributed by atoms with Crippen molar-refractivity contribution in [2.45, 2.75) is 19.3 Å². The number of benzene rings is 4. The van der Waals surface area contributed by atoms with E-state index in [1.807, 2.05) is 12.1 Å². The fourth-order valence-corrected chi connectivity index (χ4v) is 4.68. The van der Waals surface area contributed by atoms with Gasteiger partial charge in [0.15, 0.2) is 0 Å². The highest BCUT2D eigenvalue weighted by molar-refractivity contribution is 5.86. The van der Waals surface area contributed by atoms with Gasteiger partial charge in [0.2, 0.25) is 0 Å². The molecular formula is C29H23F2N. The molecule has 0 bridgehead atoms. The monoisotopic (exact) mass is 423 g/mol. The third kappa shape index (κ3) is 3.04. The summed E-state index contributed by atoms with van der Waals surface area (Å²) in [7, 11) is 0. The van der Waals surface area contributed by atoms with Crippen LogP contribution in [-0.2, 0) is 5.41 Å². The van der Waals surface area contributed by atoms with Gasteiger partial charge >= 0.3 is 0 Å². The molecule has 158 valence electrons. The number of rotatable bonds is 4. The molecule has 1 nitrogen and oxygen atoms in total. The molecule has 4 aromatic carbocycles. The second-order valence-corrected chi connectivity index (χ2v) is 8.60. The van der Waals surface area contributed by atoms with Crippen molar-refractivity contribution in [2.24, 2.45) is 0 Å². The first-order valence-corrected chi connectivity index (χ1v) is 10.6. The Morgan fingerprint density at radius 2 is 1.25 bits per heavy atom. The van der Waals surface area contributed by atoms with Crippen molar-refractivity contribution >= 4 is 23.1 Å². The summed E-state index contributed by atoms with van der Waals surface area (Å²) in [5.74, 6) is -0.816. The fourth-order valence-electron chi connectivity index (χ4n) is 4.68. The quantitative estimate of drug-likeness (QED) is 0.319. The highest BCUT2D eigenvalue weighted by Crippen LogP contribution is 2.51. The molecule has 0 saturated heterocycles. The minimum Gasteiger partial charge on any atom is -0.305 e. The number of anilines is 3. The van der Waals surface area contributed by atoms with Crippen LogP contribution in [0.3, 0.4) is 0 Å². The van der Waals surface area contributed by atoms with Crippen LogP contribution < -0.4 is 4.90 Å². The van der Waals surface area contributed by atoms with Crippen molar-refractivity contribution in [3.63, 3.8) is 0 Å². The Labute approximate surface area is 187 Å². The van der Waals surface area contributed by atoms with E-state index >= 15 is 0 Å². The van der Waals surface area contributed by atoms with Crippen LogP contribution in [0.2, 0.25) is 0 Å². The molecule has 0 spiro atoms. The van der Waals surface area contributed by atoms with E-state index < -0.39 is 11.6 Å². The molecule has 0 radical (unpaired) electrons. The van der Waals surface area contributed by atoms with Gasteiger partial charge in [-0.3, -0.25) is 0 Å². The molecule has 4 aromatic rings. The maximum absolute atomic E-state index is 14.9. The third-order valence-electron chi connectivity index (χ3n) is 6.36. The zero-order chi connectivity index (χ0) is 22.5. The maximum Gasteiger partial charge on any atom is 0.147 e. The highest BCUT2D eigenvalue weighted by atomic mass is 19.1. The average Bonchev–Trinajstić information content (AvgIpc) is 3.02. The maximum atomic E-state index is 14.9. The molecule has 0 aliphatic heterocycles. The average molecular weight is 424 g/mol. The van der Waals surface area contributed by atoms with Gasteiger partial charge in [-0.2, -0.15) is 0 Å². The number of hydrogen-bond donors (Lipinski definition) is 0. The smallest absolute Gasteiger partial charge is 0.147 e. The van der Waals surface area contributed by atoms with E-state index in [0.29, 0.717) is 17.1 Å². The van der Waals surface area contributed by atoms with Crippen LogP contribution in [-0.4, -0.2) is 0 Å². The van der Waals surface area contributed by atoms with Crippen LogP contribution in [0.1, 0.15) is 30.5 Å². The van der Waals surface area contributed by atoms with Crippen molar-refractivity contribution < 1.29 is 8.78 Å². The van der Waals surface area contributed by atoms with Gasteiger partial charge in [-0.05, 0) is 64.2 Å². The molecule has 0 aromatic heterocycles. The molecule has 3 heteroatoms.